The predicted molar refractivity (Wildman–Crippen MR) is 104 cm³/mol. The van der Waals surface area contributed by atoms with Crippen LogP contribution >= 0.6 is 11.3 Å². The van der Waals surface area contributed by atoms with E-state index in [-0.39, 0.29) is 17.7 Å². The number of rotatable bonds is 9. The Bertz CT molecular complexity index is 696. The summed E-state index contributed by atoms with van der Waals surface area (Å²) in [6, 6.07) is 10.9. The third-order valence-corrected chi connectivity index (χ3v) is 4.81. The Labute approximate surface area is 158 Å². The van der Waals surface area contributed by atoms with Crippen LogP contribution in [0.1, 0.15) is 41.6 Å². The van der Waals surface area contributed by atoms with Crippen molar-refractivity contribution in [2.45, 2.75) is 40.0 Å². The minimum absolute atomic E-state index is 0.00696. The van der Waals surface area contributed by atoms with Crippen LogP contribution in [-0.2, 0) is 22.7 Å². The Hall–Kier alpha value is -2.18. The molecule has 2 rings (SSSR count). The van der Waals surface area contributed by atoms with E-state index in [2.05, 4.69) is 10.6 Å². The summed E-state index contributed by atoms with van der Waals surface area (Å²) in [4.78, 5) is 25.4. The summed E-state index contributed by atoms with van der Waals surface area (Å²) in [5.74, 6) is -0.398. The van der Waals surface area contributed by atoms with E-state index in [0.29, 0.717) is 24.6 Å². The maximum atomic E-state index is 12.5. The zero-order chi connectivity index (χ0) is 18.9. The smallest absolute Gasteiger partial charge is 0.262 e. The number of hydrogen-bond acceptors (Lipinski definition) is 4. The largest absolute Gasteiger partial charge is 0.377 e. The number of carbonyl (C=O) groups excluding carboxylic acids is 2. The fraction of sp³-hybridized carbons (Fsp3) is 0.400. The van der Waals surface area contributed by atoms with Gasteiger partial charge >= 0.3 is 0 Å². The molecule has 6 heteroatoms. The van der Waals surface area contributed by atoms with Gasteiger partial charge in [0.2, 0.25) is 5.91 Å². The molecule has 0 unspecified atom stereocenters. The molecular weight excluding hydrogens is 348 g/mol. The lowest BCUT2D eigenvalue weighted by Gasteiger charge is -2.21. The minimum Gasteiger partial charge on any atom is -0.377 e. The van der Waals surface area contributed by atoms with Crippen molar-refractivity contribution in [3.63, 3.8) is 0 Å². The summed E-state index contributed by atoms with van der Waals surface area (Å²) in [5, 5.41) is 7.58. The molecule has 1 aromatic carbocycles. The molecule has 1 aromatic heterocycles. The van der Waals surface area contributed by atoms with Gasteiger partial charge in [0, 0.05) is 13.2 Å². The Morgan fingerprint density at radius 1 is 1.12 bits per heavy atom. The van der Waals surface area contributed by atoms with E-state index in [9.17, 15) is 9.59 Å². The van der Waals surface area contributed by atoms with E-state index >= 15 is 0 Å². The van der Waals surface area contributed by atoms with Gasteiger partial charge in [-0.05, 0) is 35.4 Å². The molecule has 2 aromatic rings. The van der Waals surface area contributed by atoms with Crippen LogP contribution in [0.25, 0.3) is 0 Å². The molecule has 0 aliphatic heterocycles. The van der Waals surface area contributed by atoms with Gasteiger partial charge in [-0.15, -0.1) is 11.3 Å². The second kappa shape index (κ2) is 10.1. The lowest BCUT2D eigenvalue weighted by molar-refractivity contribution is -0.124. The number of benzene rings is 1. The highest BCUT2D eigenvalue weighted by Gasteiger charge is 2.24. The highest BCUT2D eigenvalue weighted by Crippen LogP contribution is 2.11. The molecule has 1 heterocycles. The third-order valence-electron chi connectivity index (χ3n) is 3.94. The Morgan fingerprint density at radius 2 is 1.81 bits per heavy atom. The van der Waals surface area contributed by atoms with Gasteiger partial charge in [0.05, 0.1) is 11.5 Å². The van der Waals surface area contributed by atoms with E-state index in [1.54, 1.807) is 6.07 Å². The average Bonchev–Trinajstić information content (AvgIpc) is 3.17. The van der Waals surface area contributed by atoms with Crippen LogP contribution in [0.5, 0.6) is 0 Å². The van der Waals surface area contributed by atoms with Crippen molar-refractivity contribution in [2.24, 2.45) is 5.92 Å². The standard InChI is InChI=1S/C20H26N2O3S/c1-4-25-13-16-9-7-15(8-10-16)12-21-20(24)18(14(2)3)22-19(23)17-6-5-11-26-17/h5-11,14,18H,4,12-13H2,1-3H3,(H,21,24)(H,22,23)/t18-/m0/s1. The molecule has 0 spiro atoms. The van der Waals surface area contributed by atoms with Gasteiger partial charge in [-0.1, -0.05) is 44.2 Å². The molecule has 2 amide bonds. The number of carbonyl (C=O) groups is 2. The van der Waals surface area contributed by atoms with E-state index < -0.39 is 6.04 Å². The summed E-state index contributed by atoms with van der Waals surface area (Å²) < 4.78 is 5.37. The maximum absolute atomic E-state index is 12.5. The molecule has 0 saturated carbocycles. The first-order chi connectivity index (χ1) is 12.5. The molecule has 1 atom stereocenters. The highest BCUT2D eigenvalue weighted by molar-refractivity contribution is 7.12. The minimum atomic E-state index is -0.568. The summed E-state index contributed by atoms with van der Waals surface area (Å²) in [5.41, 5.74) is 2.11. The van der Waals surface area contributed by atoms with Crippen LogP contribution in [0.15, 0.2) is 41.8 Å². The average molecular weight is 375 g/mol. The normalized spacial score (nSPS) is 12.0. The van der Waals surface area contributed by atoms with Crippen LogP contribution in [0.4, 0.5) is 0 Å². The van der Waals surface area contributed by atoms with E-state index in [1.807, 2.05) is 56.5 Å². The lowest BCUT2D eigenvalue weighted by Crippen LogP contribution is -2.49. The van der Waals surface area contributed by atoms with Crippen molar-refractivity contribution in [3.05, 3.63) is 57.8 Å². The van der Waals surface area contributed by atoms with Gasteiger partial charge in [0.1, 0.15) is 6.04 Å². The molecule has 0 saturated heterocycles. The second-order valence-electron chi connectivity index (χ2n) is 6.34. The molecule has 0 aliphatic carbocycles. The highest BCUT2D eigenvalue weighted by atomic mass is 32.1. The summed E-state index contributed by atoms with van der Waals surface area (Å²) in [6.45, 7) is 7.50. The Kier molecular flexibility index (Phi) is 7.81. The second-order valence-corrected chi connectivity index (χ2v) is 7.29. The molecule has 5 nitrogen and oxygen atoms in total. The van der Waals surface area contributed by atoms with Gasteiger partial charge in [0.15, 0.2) is 0 Å². The topological polar surface area (TPSA) is 67.4 Å². The lowest BCUT2D eigenvalue weighted by atomic mass is 10.0. The first kappa shape index (κ1) is 20.1. The monoisotopic (exact) mass is 374 g/mol. The van der Waals surface area contributed by atoms with Crippen molar-refractivity contribution >= 4 is 23.2 Å². The molecule has 2 N–H and O–H groups in total. The molecule has 0 fully saturated rings. The fourth-order valence-electron chi connectivity index (χ4n) is 2.43. The van der Waals surface area contributed by atoms with Crippen LogP contribution in [0, 0.1) is 5.92 Å². The Morgan fingerprint density at radius 3 is 2.38 bits per heavy atom. The number of amides is 2. The van der Waals surface area contributed by atoms with Crippen molar-refractivity contribution < 1.29 is 14.3 Å². The van der Waals surface area contributed by atoms with Crippen molar-refractivity contribution in [2.75, 3.05) is 6.61 Å². The first-order valence-electron chi connectivity index (χ1n) is 8.79. The van der Waals surface area contributed by atoms with Crippen LogP contribution in [0.3, 0.4) is 0 Å². The van der Waals surface area contributed by atoms with E-state index in [1.165, 1.54) is 11.3 Å². The van der Waals surface area contributed by atoms with E-state index in [4.69, 9.17) is 4.74 Å². The van der Waals surface area contributed by atoms with Crippen LogP contribution < -0.4 is 10.6 Å². The van der Waals surface area contributed by atoms with Gasteiger partial charge in [-0.2, -0.15) is 0 Å². The summed E-state index contributed by atoms with van der Waals surface area (Å²) in [6.07, 6.45) is 0. The molecule has 26 heavy (non-hydrogen) atoms. The third kappa shape index (κ3) is 5.97. The molecule has 0 aliphatic rings. The zero-order valence-electron chi connectivity index (χ0n) is 15.5. The summed E-state index contributed by atoms with van der Waals surface area (Å²) in [7, 11) is 0. The SMILES string of the molecule is CCOCc1ccc(CNC(=O)[C@@H](NC(=O)c2cccs2)C(C)C)cc1. The van der Waals surface area contributed by atoms with Crippen LogP contribution in [0.2, 0.25) is 0 Å². The molecular formula is C20H26N2O3S. The summed E-state index contributed by atoms with van der Waals surface area (Å²) >= 11 is 1.36. The van der Waals surface area contributed by atoms with Crippen molar-refractivity contribution in [1.82, 2.24) is 10.6 Å². The molecule has 140 valence electrons. The zero-order valence-corrected chi connectivity index (χ0v) is 16.3. The molecule has 0 bridgehead atoms. The van der Waals surface area contributed by atoms with Crippen LogP contribution in [-0.4, -0.2) is 24.5 Å². The van der Waals surface area contributed by atoms with Crippen molar-refractivity contribution in [3.8, 4) is 0 Å². The quantitative estimate of drug-likeness (QED) is 0.707. The molecule has 0 radical (unpaired) electrons. The first-order valence-corrected chi connectivity index (χ1v) is 9.66. The number of ether oxygens (including phenoxy) is 1. The number of nitrogens with one attached hydrogen (secondary N) is 2. The number of thiophene rings is 1. The van der Waals surface area contributed by atoms with Gasteiger partial charge < -0.3 is 15.4 Å². The Balaban J connectivity index is 1.90. The number of hydrogen-bond donors (Lipinski definition) is 2. The van der Waals surface area contributed by atoms with E-state index in [0.717, 1.165) is 11.1 Å². The van der Waals surface area contributed by atoms with Gasteiger partial charge in [-0.25, -0.2) is 0 Å². The predicted octanol–water partition coefficient (Wildman–Crippen LogP) is 3.36. The maximum Gasteiger partial charge on any atom is 0.262 e. The van der Waals surface area contributed by atoms with Gasteiger partial charge in [0.25, 0.3) is 5.91 Å². The van der Waals surface area contributed by atoms with Crippen molar-refractivity contribution in [1.29, 1.82) is 0 Å². The fourth-order valence-corrected chi connectivity index (χ4v) is 3.05. The van der Waals surface area contributed by atoms with Gasteiger partial charge in [-0.3, -0.25) is 9.59 Å².